The lowest BCUT2D eigenvalue weighted by molar-refractivity contribution is -0.120. The molecule has 0 aliphatic heterocycles. The molecular formula is C17H20ClN3O2S. The van der Waals surface area contributed by atoms with Gasteiger partial charge in [-0.1, -0.05) is 25.4 Å². The maximum absolute atomic E-state index is 12.1. The fourth-order valence-electron chi connectivity index (χ4n) is 1.94. The van der Waals surface area contributed by atoms with Gasteiger partial charge in [0, 0.05) is 22.5 Å². The molecule has 2 rings (SSSR count). The summed E-state index contributed by atoms with van der Waals surface area (Å²) in [6.07, 6.45) is 1.16. The second kappa shape index (κ2) is 8.80. The van der Waals surface area contributed by atoms with Crippen LogP contribution < -0.4 is 10.6 Å². The Hall–Kier alpha value is -1.92. The summed E-state index contributed by atoms with van der Waals surface area (Å²) in [5.41, 5.74) is 1.15. The van der Waals surface area contributed by atoms with E-state index in [4.69, 9.17) is 11.6 Å². The van der Waals surface area contributed by atoms with Crippen molar-refractivity contribution in [3.05, 3.63) is 45.9 Å². The van der Waals surface area contributed by atoms with Crippen molar-refractivity contribution < 1.29 is 9.59 Å². The van der Waals surface area contributed by atoms with Crippen molar-refractivity contribution in [2.24, 2.45) is 5.92 Å². The normalized spacial score (nSPS) is 10.7. The van der Waals surface area contributed by atoms with E-state index >= 15 is 0 Å². The molecule has 0 saturated carbocycles. The van der Waals surface area contributed by atoms with Gasteiger partial charge in [0.1, 0.15) is 0 Å². The minimum Gasteiger partial charge on any atom is -0.356 e. The van der Waals surface area contributed by atoms with Crippen LogP contribution in [0.1, 0.15) is 36.3 Å². The van der Waals surface area contributed by atoms with E-state index in [2.05, 4.69) is 29.5 Å². The van der Waals surface area contributed by atoms with Crippen LogP contribution in [0, 0.1) is 5.92 Å². The largest absolute Gasteiger partial charge is 0.356 e. The minimum absolute atomic E-state index is 0.0588. The second-order valence-corrected chi connectivity index (χ2v) is 7.11. The van der Waals surface area contributed by atoms with Gasteiger partial charge in [-0.05, 0) is 36.6 Å². The molecule has 24 heavy (non-hydrogen) atoms. The van der Waals surface area contributed by atoms with Crippen LogP contribution in [-0.2, 0) is 11.2 Å². The van der Waals surface area contributed by atoms with E-state index in [-0.39, 0.29) is 18.2 Å². The number of hydrogen-bond donors (Lipinski definition) is 2. The Morgan fingerprint density at radius 2 is 1.96 bits per heavy atom. The van der Waals surface area contributed by atoms with E-state index < -0.39 is 0 Å². The number of nitrogens with zero attached hydrogens (tertiary/aromatic N) is 1. The first kappa shape index (κ1) is 18.4. The first-order valence-corrected chi connectivity index (χ1v) is 8.98. The molecule has 2 aromatic rings. The van der Waals surface area contributed by atoms with Crippen LogP contribution in [0.25, 0.3) is 0 Å². The lowest BCUT2D eigenvalue weighted by Crippen LogP contribution is -2.27. The first-order valence-electron chi connectivity index (χ1n) is 7.72. The Bertz CT molecular complexity index is 698. The van der Waals surface area contributed by atoms with Crippen LogP contribution in [0.2, 0.25) is 5.02 Å². The highest BCUT2D eigenvalue weighted by atomic mass is 35.5. The van der Waals surface area contributed by atoms with Crippen molar-refractivity contribution in [1.29, 1.82) is 0 Å². The summed E-state index contributed by atoms with van der Waals surface area (Å²) >= 11 is 7.10. The van der Waals surface area contributed by atoms with Gasteiger partial charge in [0.2, 0.25) is 5.91 Å². The van der Waals surface area contributed by atoms with Crippen LogP contribution in [-0.4, -0.2) is 23.3 Å². The van der Waals surface area contributed by atoms with Crippen LogP contribution in [0.5, 0.6) is 0 Å². The van der Waals surface area contributed by atoms with Gasteiger partial charge < -0.3 is 5.32 Å². The minimum atomic E-state index is -0.256. The zero-order chi connectivity index (χ0) is 17.5. The van der Waals surface area contributed by atoms with E-state index in [0.29, 0.717) is 33.9 Å². The highest BCUT2D eigenvalue weighted by Crippen LogP contribution is 2.17. The van der Waals surface area contributed by atoms with Crippen molar-refractivity contribution in [1.82, 2.24) is 10.3 Å². The topological polar surface area (TPSA) is 71.1 Å². The summed E-state index contributed by atoms with van der Waals surface area (Å²) in [5.74, 6) is 0.240. The molecule has 128 valence electrons. The lowest BCUT2D eigenvalue weighted by Gasteiger charge is -2.06. The number of benzene rings is 1. The lowest BCUT2D eigenvalue weighted by atomic mass is 10.1. The summed E-state index contributed by atoms with van der Waals surface area (Å²) in [6.45, 7) is 4.89. The van der Waals surface area contributed by atoms with Gasteiger partial charge in [0.05, 0.1) is 12.1 Å². The van der Waals surface area contributed by atoms with Crippen LogP contribution >= 0.6 is 22.9 Å². The van der Waals surface area contributed by atoms with Crippen molar-refractivity contribution in [3.63, 3.8) is 0 Å². The fraction of sp³-hybridized carbons (Fsp3) is 0.353. The highest BCUT2D eigenvalue weighted by Gasteiger charge is 2.11. The van der Waals surface area contributed by atoms with E-state index in [9.17, 15) is 9.59 Å². The van der Waals surface area contributed by atoms with Crippen molar-refractivity contribution in [3.8, 4) is 0 Å². The Labute approximate surface area is 150 Å². The van der Waals surface area contributed by atoms with E-state index in [0.717, 1.165) is 6.42 Å². The predicted molar refractivity (Wildman–Crippen MR) is 97.7 cm³/mol. The Morgan fingerprint density at radius 3 is 2.62 bits per heavy atom. The molecule has 0 aliphatic rings. The standard InChI is InChI=1S/C17H20ClN3O2S/c1-11(2)7-8-19-15(22)9-14-10-24-17(20-14)21-16(23)12-3-5-13(18)6-4-12/h3-6,10-11H,7-9H2,1-2H3,(H,19,22)(H,20,21,23). The monoisotopic (exact) mass is 365 g/mol. The summed E-state index contributed by atoms with van der Waals surface area (Å²) < 4.78 is 0. The molecule has 2 N–H and O–H groups in total. The number of nitrogens with one attached hydrogen (secondary N) is 2. The maximum Gasteiger partial charge on any atom is 0.257 e. The predicted octanol–water partition coefficient (Wildman–Crippen LogP) is 3.75. The molecule has 0 spiro atoms. The molecule has 2 amide bonds. The number of carbonyl (C=O) groups excluding carboxylic acids is 2. The van der Waals surface area contributed by atoms with Crippen molar-refractivity contribution in [2.75, 3.05) is 11.9 Å². The average Bonchev–Trinajstić information content (AvgIpc) is 2.94. The van der Waals surface area contributed by atoms with Crippen LogP contribution in [0.4, 0.5) is 5.13 Å². The van der Waals surface area contributed by atoms with Crippen molar-refractivity contribution in [2.45, 2.75) is 26.7 Å². The molecule has 5 nitrogen and oxygen atoms in total. The number of halogens is 1. The van der Waals surface area contributed by atoms with Gasteiger partial charge in [-0.3, -0.25) is 14.9 Å². The van der Waals surface area contributed by atoms with E-state index in [1.165, 1.54) is 11.3 Å². The van der Waals surface area contributed by atoms with E-state index in [1.807, 2.05) is 0 Å². The first-order chi connectivity index (χ1) is 11.4. The molecular weight excluding hydrogens is 346 g/mol. The molecule has 0 radical (unpaired) electrons. The molecule has 1 heterocycles. The second-order valence-electron chi connectivity index (χ2n) is 5.81. The van der Waals surface area contributed by atoms with Gasteiger partial charge >= 0.3 is 0 Å². The highest BCUT2D eigenvalue weighted by molar-refractivity contribution is 7.14. The Kier molecular flexibility index (Phi) is 6.75. The number of amides is 2. The summed E-state index contributed by atoms with van der Waals surface area (Å²) in [6, 6.07) is 6.61. The Balaban J connectivity index is 1.85. The van der Waals surface area contributed by atoms with Gasteiger partial charge in [-0.25, -0.2) is 4.98 Å². The maximum atomic E-state index is 12.1. The van der Waals surface area contributed by atoms with Gasteiger partial charge in [0.15, 0.2) is 5.13 Å². The molecule has 1 aromatic carbocycles. The molecule has 0 aliphatic carbocycles. The van der Waals surface area contributed by atoms with Crippen LogP contribution in [0.15, 0.2) is 29.6 Å². The quantitative estimate of drug-likeness (QED) is 0.784. The van der Waals surface area contributed by atoms with Gasteiger partial charge in [0.25, 0.3) is 5.91 Å². The number of thiazole rings is 1. The molecule has 1 aromatic heterocycles. The SMILES string of the molecule is CC(C)CCNC(=O)Cc1csc(NC(=O)c2ccc(Cl)cc2)n1. The zero-order valence-electron chi connectivity index (χ0n) is 13.6. The summed E-state index contributed by atoms with van der Waals surface area (Å²) in [5, 5.41) is 8.42. The van der Waals surface area contributed by atoms with Gasteiger partial charge in [-0.2, -0.15) is 0 Å². The molecule has 0 bridgehead atoms. The molecule has 0 fully saturated rings. The number of aromatic nitrogens is 1. The summed E-state index contributed by atoms with van der Waals surface area (Å²) in [7, 11) is 0. The third-order valence-corrected chi connectivity index (χ3v) is 4.32. The third kappa shape index (κ3) is 5.94. The zero-order valence-corrected chi connectivity index (χ0v) is 15.2. The number of carbonyl (C=O) groups is 2. The summed E-state index contributed by atoms with van der Waals surface area (Å²) in [4.78, 5) is 28.2. The fourth-order valence-corrected chi connectivity index (χ4v) is 2.77. The number of hydrogen-bond acceptors (Lipinski definition) is 4. The third-order valence-electron chi connectivity index (χ3n) is 3.26. The number of anilines is 1. The molecule has 7 heteroatoms. The van der Waals surface area contributed by atoms with Gasteiger partial charge in [-0.15, -0.1) is 11.3 Å². The Morgan fingerprint density at radius 1 is 1.25 bits per heavy atom. The van der Waals surface area contributed by atoms with E-state index in [1.54, 1.807) is 29.6 Å². The van der Waals surface area contributed by atoms with Crippen LogP contribution in [0.3, 0.4) is 0 Å². The molecule has 0 saturated heterocycles. The molecule has 0 unspecified atom stereocenters. The number of rotatable bonds is 7. The smallest absolute Gasteiger partial charge is 0.257 e. The average molecular weight is 366 g/mol. The van der Waals surface area contributed by atoms with Crippen molar-refractivity contribution >= 4 is 39.9 Å². The molecule has 0 atom stereocenters.